The maximum absolute atomic E-state index is 13.1. The van der Waals surface area contributed by atoms with Gasteiger partial charge in [-0.25, -0.2) is 4.39 Å². The summed E-state index contributed by atoms with van der Waals surface area (Å²) in [6, 6.07) is 14.2. The van der Waals surface area contributed by atoms with Crippen LogP contribution >= 0.6 is 11.8 Å². The first-order valence-corrected chi connectivity index (χ1v) is 8.24. The molecular formula is C17H15FN2OS. The predicted octanol–water partition coefficient (Wildman–Crippen LogP) is 2.86. The Hall–Kier alpha value is -1.85. The Kier molecular flexibility index (Phi) is 3.20. The molecule has 1 atom stereocenters. The number of benzene rings is 2. The normalized spacial score (nSPS) is 23.3. The highest BCUT2D eigenvalue weighted by Crippen LogP contribution is 2.49. The Balaban J connectivity index is 1.74. The monoisotopic (exact) mass is 314 g/mol. The smallest absolute Gasteiger partial charge is 0.262 e. The lowest BCUT2D eigenvalue weighted by atomic mass is 10.1. The van der Waals surface area contributed by atoms with Gasteiger partial charge in [0.1, 0.15) is 5.82 Å². The topological polar surface area (TPSA) is 32.3 Å². The average Bonchev–Trinajstić information content (AvgIpc) is 3.11. The highest BCUT2D eigenvalue weighted by molar-refractivity contribution is 8.01. The second kappa shape index (κ2) is 5.11. The molecule has 0 bridgehead atoms. The fourth-order valence-electron chi connectivity index (χ4n) is 3.14. The fraction of sp³-hybridized carbons (Fsp3) is 0.235. The predicted molar refractivity (Wildman–Crippen MR) is 86.2 cm³/mol. The number of nitrogens with one attached hydrogen (secondary N) is 1. The minimum absolute atomic E-state index is 0.0699. The average molecular weight is 314 g/mol. The molecule has 2 aromatic carbocycles. The van der Waals surface area contributed by atoms with Crippen LogP contribution in [0.1, 0.15) is 11.1 Å². The van der Waals surface area contributed by atoms with Gasteiger partial charge in [0.05, 0.1) is 12.2 Å². The number of rotatable bonds is 2. The molecule has 1 amide bonds. The van der Waals surface area contributed by atoms with Crippen LogP contribution in [0, 0.1) is 5.82 Å². The number of amides is 1. The summed E-state index contributed by atoms with van der Waals surface area (Å²) in [4.78, 5) is 14.2. The maximum Gasteiger partial charge on any atom is 0.262 e. The van der Waals surface area contributed by atoms with Crippen molar-refractivity contribution in [1.29, 1.82) is 0 Å². The van der Waals surface area contributed by atoms with Crippen LogP contribution in [0.3, 0.4) is 0 Å². The van der Waals surface area contributed by atoms with Crippen LogP contribution in [-0.4, -0.2) is 18.2 Å². The van der Waals surface area contributed by atoms with Crippen molar-refractivity contribution >= 4 is 23.4 Å². The molecule has 1 N–H and O–H groups in total. The van der Waals surface area contributed by atoms with E-state index < -0.39 is 4.87 Å². The number of nitrogens with zero attached hydrogens (tertiary/aromatic N) is 1. The van der Waals surface area contributed by atoms with E-state index in [1.54, 1.807) is 28.8 Å². The van der Waals surface area contributed by atoms with E-state index in [1.165, 1.54) is 12.1 Å². The molecule has 2 aromatic rings. The number of thioether (sulfide) groups is 1. The van der Waals surface area contributed by atoms with Gasteiger partial charge in [-0.05, 0) is 23.8 Å². The highest BCUT2D eigenvalue weighted by atomic mass is 32.2. The Labute approximate surface area is 132 Å². The zero-order valence-corrected chi connectivity index (χ0v) is 12.7. The number of halogens is 1. The zero-order valence-electron chi connectivity index (χ0n) is 11.9. The number of hydrogen-bond donors (Lipinski definition) is 1. The van der Waals surface area contributed by atoms with Gasteiger partial charge in [-0.2, -0.15) is 0 Å². The number of anilines is 1. The van der Waals surface area contributed by atoms with E-state index in [4.69, 9.17) is 0 Å². The second-order valence-electron chi connectivity index (χ2n) is 5.49. The summed E-state index contributed by atoms with van der Waals surface area (Å²) in [5, 5.41) is 3.37. The summed E-state index contributed by atoms with van der Waals surface area (Å²) in [7, 11) is 0. The third-order valence-corrected chi connectivity index (χ3v) is 5.55. The van der Waals surface area contributed by atoms with Crippen molar-refractivity contribution in [3.8, 4) is 0 Å². The molecule has 1 spiro atoms. The van der Waals surface area contributed by atoms with Crippen LogP contribution in [0.4, 0.5) is 10.1 Å². The molecule has 2 heterocycles. The largest absolute Gasteiger partial charge is 0.305 e. The van der Waals surface area contributed by atoms with Crippen LogP contribution in [0.5, 0.6) is 0 Å². The lowest BCUT2D eigenvalue weighted by molar-refractivity contribution is -0.121. The zero-order chi connectivity index (χ0) is 15.2. The fourth-order valence-corrected chi connectivity index (χ4v) is 4.42. The van der Waals surface area contributed by atoms with E-state index in [2.05, 4.69) is 5.32 Å². The molecule has 0 aromatic heterocycles. The molecule has 3 nitrogen and oxygen atoms in total. The minimum atomic E-state index is -0.642. The molecule has 0 aliphatic carbocycles. The van der Waals surface area contributed by atoms with E-state index in [1.807, 2.05) is 24.3 Å². The van der Waals surface area contributed by atoms with Crippen molar-refractivity contribution in [2.45, 2.75) is 11.4 Å². The quantitative estimate of drug-likeness (QED) is 0.925. The van der Waals surface area contributed by atoms with Crippen molar-refractivity contribution in [2.75, 3.05) is 17.2 Å². The van der Waals surface area contributed by atoms with Gasteiger partial charge in [-0.15, -0.1) is 11.8 Å². The minimum Gasteiger partial charge on any atom is -0.305 e. The lowest BCUT2D eigenvalue weighted by Crippen LogP contribution is -2.44. The molecule has 1 unspecified atom stereocenters. The third kappa shape index (κ3) is 1.96. The SMILES string of the molecule is O=C1N(Cc2ccc(F)cc2)c2ccccc2C12NCCS2. The molecule has 4 rings (SSSR count). The molecule has 5 heteroatoms. The van der Waals surface area contributed by atoms with E-state index in [0.29, 0.717) is 6.54 Å². The number of hydrogen-bond acceptors (Lipinski definition) is 3. The van der Waals surface area contributed by atoms with Crippen LogP contribution in [0.15, 0.2) is 48.5 Å². The molecule has 1 saturated heterocycles. The van der Waals surface area contributed by atoms with Crippen LogP contribution in [0.2, 0.25) is 0 Å². The first-order valence-electron chi connectivity index (χ1n) is 7.26. The van der Waals surface area contributed by atoms with Crippen molar-refractivity contribution in [3.05, 3.63) is 65.5 Å². The highest BCUT2D eigenvalue weighted by Gasteiger charge is 2.53. The van der Waals surface area contributed by atoms with Crippen LogP contribution in [0.25, 0.3) is 0 Å². The summed E-state index contributed by atoms with van der Waals surface area (Å²) in [6.07, 6.45) is 0. The Bertz CT molecular complexity index is 726. The van der Waals surface area contributed by atoms with Crippen molar-refractivity contribution < 1.29 is 9.18 Å². The summed E-state index contributed by atoms with van der Waals surface area (Å²) < 4.78 is 13.1. The van der Waals surface area contributed by atoms with E-state index in [0.717, 1.165) is 29.1 Å². The van der Waals surface area contributed by atoms with Gasteiger partial charge in [-0.1, -0.05) is 30.3 Å². The Morgan fingerprint density at radius 3 is 2.68 bits per heavy atom. The van der Waals surface area contributed by atoms with Crippen LogP contribution in [-0.2, 0) is 16.2 Å². The molecule has 0 saturated carbocycles. The van der Waals surface area contributed by atoms with Crippen molar-refractivity contribution in [2.24, 2.45) is 0 Å². The number of para-hydroxylation sites is 1. The van der Waals surface area contributed by atoms with E-state index in [9.17, 15) is 9.18 Å². The van der Waals surface area contributed by atoms with Crippen LogP contribution < -0.4 is 10.2 Å². The number of fused-ring (bicyclic) bond motifs is 2. The van der Waals surface area contributed by atoms with E-state index >= 15 is 0 Å². The number of carbonyl (C=O) groups is 1. The lowest BCUT2D eigenvalue weighted by Gasteiger charge is -2.23. The standard InChI is InChI=1S/C17H15FN2OS/c18-13-7-5-12(6-8-13)11-20-15-4-2-1-3-14(15)17(16(20)21)19-9-10-22-17/h1-8,19H,9-11H2. The molecule has 2 aliphatic heterocycles. The van der Waals surface area contributed by atoms with Gasteiger partial charge < -0.3 is 4.90 Å². The third-order valence-electron chi connectivity index (χ3n) is 4.17. The maximum atomic E-state index is 13.1. The molecule has 22 heavy (non-hydrogen) atoms. The molecule has 1 fully saturated rings. The number of carbonyl (C=O) groups excluding carboxylic acids is 1. The van der Waals surface area contributed by atoms with Gasteiger partial charge in [0.15, 0.2) is 4.87 Å². The summed E-state index contributed by atoms with van der Waals surface area (Å²) in [5.74, 6) is 0.728. The van der Waals surface area contributed by atoms with Gasteiger partial charge in [0.25, 0.3) is 5.91 Å². The van der Waals surface area contributed by atoms with Gasteiger partial charge in [0, 0.05) is 17.9 Å². The van der Waals surface area contributed by atoms with E-state index in [-0.39, 0.29) is 11.7 Å². The Morgan fingerprint density at radius 1 is 1.18 bits per heavy atom. The summed E-state index contributed by atoms with van der Waals surface area (Å²) in [5.41, 5.74) is 2.90. The molecule has 112 valence electrons. The summed E-state index contributed by atoms with van der Waals surface area (Å²) >= 11 is 1.66. The first kappa shape index (κ1) is 13.8. The molecular weight excluding hydrogens is 299 g/mol. The first-order chi connectivity index (χ1) is 10.7. The van der Waals surface area contributed by atoms with Crippen molar-refractivity contribution in [3.63, 3.8) is 0 Å². The Morgan fingerprint density at radius 2 is 1.95 bits per heavy atom. The van der Waals surface area contributed by atoms with Crippen molar-refractivity contribution in [1.82, 2.24) is 5.32 Å². The molecule has 2 aliphatic rings. The van der Waals surface area contributed by atoms with Gasteiger partial charge >= 0.3 is 0 Å². The van der Waals surface area contributed by atoms with Gasteiger partial charge in [-0.3, -0.25) is 10.1 Å². The summed E-state index contributed by atoms with van der Waals surface area (Å²) in [6.45, 7) is 1.29. The van der Waals surface area contributed by atoms with Gasteiger partial charge in [0.2, 0.25) is 0 Å². The molecule has 0 radical (unpaired) electrons. The second-order valence-corrected chi connectivity index (χ2v) is 6.80.